The standard InChI is InChI=1S/C14H11BrN2O4/c15-10-6-11(13(18)12(7-10)17(20)21)14(19)16-8-9-4-2-1-3-5-9/h1-7,18H,8H2,(H,16,19)/p-1. The number of nitrogens with one attached hydrogen (secondary N) is 1. The summed E-state index contributed by atoms with van der Waals surface area (Å²) < 4.78 is 0.304. The fourth-order valence-electron chi connectivity index (χ4n) is 1.76. The fourth-order valence-corrected chi connectivity index (χ4v) is 2.20. The lowest BCUT2D eigenvalue weighted by Crippen LogP contribution is -2.24. The zero-order valence-electron chi connectivity index (χ0n) is 10.7. The van der Waals surface area contributed by atoms with E-state index in [1.807, 2.05) is 30.3 Å². The zero-order valence-corrected chi connectivity index (χ0v) is 12.3. The molecule has 0 aliphatic heterocycles. The Morgan fingerprint density at radius 2 is 1.90 bits per heavy atom. The molecule has 0 aromatic heterocycles. The Kier molecular flexibility index (Phi) is 4.54. The first-order valence-corrected chi connectivity index (χ1v) is 6.75. The summed E-state index contributed by atoms with van der Waals surface area (Å²) in [5, 5.41) is 25.2. The third-order valence-electron chi connectivity index (χ3n) is 2.77. The number of halogens is 1. The van der Waals surface area contributed by atoms with E-state index in [-0.39, 0.29) is 12.1 Å². The van der Waals surface area contributed by atoms with Gasteiger partial charge >= 0.3 is 0 Å². The molecule has 108 valence electrons. The van der Waals surface area contributed by atoms with Crippen LogP contribution in [0.4, 0.5) is 5.69 Å². The highest BCUT2D eigenvalue weighted by molar-refractivity contribution is 9.10. The van der Waals surface area contributed by atoms with Gasteiger partial charge in [-0.2, -0.15) is 0 Å². The molecular weight excluding hydrogens is 340 g/mol. The van der Waals surface area contributed by atoms with Crippen molar-refractivity contribution in [1.82, 2.24) is 5.32 Å². The molecule has 0 heterocycles. The SMILES string of the molecule is O=C(NCc1ccccc1)c1cc(Br)cc([N+](=O)[O-])c1[O-]. The van der Waals surface area contributed by atoms with Crippen LogP contribution in [0.2, 0.25) is 0 Å². The third kappa shape index (κ3) is 3.57. The maximum absolute atomic E-state index is 12.0. The Morgan fingerprint density at radius 1 is 1.24 bits per heavy atom. The van der Waals surface area contributed by atoms with Gasteiger partial charge in [-0.15, -0.1) is 0 Å². The lowest BCUT2D eigenvalue weighted by atomic mass is 10.1. The predicted molar refractivity (Wildman–Crippen MR) is 77.9 cm³/mol. The predicted octanol–water partition coefficient (Wildman–Crippen LogP) is 2.36. The minimum atomic E-state index is -0.895. The highest BCUT2D eigenvalue weighted by atomic mass is 79.9. The van der Waals surface area contributed by atoms with Crippen molar-refractivity contribution < 1.29 is 14.8 Å². The van der Waals surface area contributed by atoms with Crippen molar-refractivity contribution in [3.8, 4) is 5.75 Å². The molecule has 2 rings (SSSR count). The minimum Gasteiger partial charge on any atom is -0.867 e. The number of carbonyl (C=O) groups is 1. The molecule has 0 fully saturated rings. The quantitative estimate of drug-likeness (QED) is 0.676. The first kappa shape index (κ1) is 15.0. The molecule has 0 radical (unpaired) electrons. The van der Waals surface area contributed by atoms with Gasteiger partial charge in [-0.25, -0.2) is 0 Å². The fraction of sp³-hybridized carbons (Fsp3) is 0.0714. The van der Waals surface area contributed by atoms with Gasteiger partial charge in [-0.05, 0) is 17.4 Å². The van der Waals surface area contributed by atoms with Crippen LogP contribution >= 0.6 is 15.9 Å². The van der Waals surface area contributed by atoms with Gasteiger partial charge in [0.1, 0.15) is 0 Å². The summed E-state index contributed by atoms with van der Waals surface area (Å²) in [6, 6.07) is 11.5. The minimum absolute atomic E-state index is 0.236. The summed E-state index contributed by atoms with van der Waals surface area (Å²) in [5.41, 5.74) is -0.0240. The lowest BCUT2D eigenvalue weighted by molar-refractivity contribution is -0.398. The molecule has 0 atom stereocenters. The summed E-state index contributed by atoms with van der Waals surface area (Å²) in [5.74, 6) is -1.54. The highest BCUT2D eigenvalue weighted by Crippen LogP contribution is 2.31. The normalized spacial score (nSPS) is 10.1. The molecule has 0 saturated heterocycles. The van der Waals surface area contributed by atoms with Crippen molar-refractivity contribution in [2.75, 3.05) is 0 Å². The average molecular weight is 350 g/mol. The van der Waals surface area contributed by atoms with Crippen LogP contribution < -0.4 is 10.4 Å². The number of nitro groups is 1. The summed E-state index contributed by atoms with van der Waals surface area (Å²) >= 11 is 3.06. The third-order valence-corrected chi connectivity index (χ3v) is 3.23. The van der Waals surface area contributed by atoms with E-state index in [9.17, 15) is 20.0 Å². The van der Waals surface area contributed by atoms with Gasteiger partial charge in [0.05, 0.1) is 4.92 Å². The number of carbonyl (C=O) groups excluding carboxylic acids is 1. The van der Waals surface area contributed by atoms with Crippen LogP contribution in [0.1, 0.15) is 15.9 Å². The highest BCUT2D eigenvalue weighted by Gasteiger charge is 2.16. The summed E-state index contributed by atoms with van der Waals surface area (Å²) in [6.07, 6.45) is 0. The second-order valence-electron chi connectivity index (χ2n) is 4.23. The van der Waals surface area contributed by atoms with Gasteiger partial charge in [0.15, 0.2) is 0 Å². The van der Waals surface area contributed by atoms with Crippen molar-refractivity contribution in [2.45, 2.75) is 6.54 Å². The van der Waals surface area contributed by atoms with Crippen LogP contribution in [0.15, 0.2) is 46.9 Å². The van der Waals surface area contributed by atoms with Crippen molar-refractivity contribution in [2.24, 2.45) is 0 Å². The smallest absolute Gasteiger partial charge is 0.263 e. The van der Waals surface area contributed by atoms with E-state index < -0.39 is 22.3 Å². The molecule has 2 aromatic rings. The van der Waals surface area contributed by atoms with Crippen molar-refractivity contribution in [1.29, 1.82) is 0 Å². The van der Waals surface area contributed by atoms with Gasteiger partial charge in [-0.1, -0.05) is 46.3 Å². The van der Waals surface area contributed by atoms with Gasteiger partial charge in [0.25, 0.3) is 11.6 Å². The maximum atomic E-state index is 12.0. The molecule has 0 spiro atoms. The second kappa shape index (κ2) is 6.36. The molecule has 6 nitrogen and oxygen atoms in total. The molecule has 1 amide bonds. The van der Waals surface area contributed by atoms with Crippen molar-refractivity contribution >= 4 is 27.5 Å². The van der Waals surface area contributed by atoms with E-state index in [2.05, 4.69) is 21.2 Å². The van der Waals surface area contributed by atoms with E-state index in [4.69, 9.17) is 0 Å². The zero-order chi connectivity index (χ0) is 15.4. The summed E-state index contributed by atoms with van der Waals surface area (Å²) in [6.45, 7) is 0.236. The molecule has 7 heteroatoms. The van der Waals surface area contributed by atoms with Crippen molar-refractivity contribution in [3.05, 3.63) is 68.2 Å². The summed E-state index contributed by atoms with van der Waals surface area (Å²) in [7, 11) is 0. The molecule has 0 aliphatic carbocycles. The molecule has 0 bridgehead atoms. The number of nitrogens with zero attached hydrogens (tertiary/aromatic N) is 1. The van der Waals surface area contributed by atoms with Gasteiger partial charge < -0.3 is 10.4 Å². The van der Waals surface area contributed by atoms with Crippen LogP contribution in [0.25, 0.3) is 0 Å². The average Bonchev–Trinajstić information content (AvgIpc) is 2.47. The first-order valence-electron chi connectivity index (χ1n) is 5.96. The van der Waals surface area contributed by atoms with Crippen LogP contribution in [0.5, 0.6) is 5.75 Å². The molecule has 21 heavy (non-hydrogen) atoms. The topological polar surface area (TPSA) is 95.3 Å². The molecule has 0 unspecified atom stereocenters. The number of nitro benzene ring substituents is 1. The van der Waals surface area contributed by atoms with Gasteiger partial charge in [0, 0.05) is 22.6 Å². The number of hydrogen-bond acceptors (Lipinski definition) is 4. The lowest BCUT2D eigenvalue weighted by Gasteiger charge is -2.14. The monoisotopic (exact) mass is 349 g/mol. The second-order valence-corrected chi connectivity index (χ2v) is 5.14. The number of rotatable bonds is 4. The largest absolute Gasteiger partial charge is 0.867 e. The number of benzene rings is 2. The molecule has 2 aromatic carbocycles. The van der Waals surface area contributed by atoms with Crippen LogP contribution in [0.3, 0.4) is 0 Å². The van der Waals surface area contributed by atoms with E-state index >= 15 is 0 Å². The van der Waals surface area contributed by atoms with Gasteiger partial charge in [0.2, 0.25) is 0 Å². The molecular formula is C14H10BrN2O4-. The Hall–Kier alpha value is -2.41. The van der Waals surface area contributed by atoms with E-state index in [0.717, 1.165) is 11.6 Å². The van der Waals surface area contributed by atoms with E-state index in [1.165, 1.54) is 6.07 Å². The maximum Gasteiger partial charge on any atom is 0.263 e. The van der Waals surface area contributed by atoms with Crippen molar-refractivity contribution in [3.63, 3.8) is 0 Å². The Bertz CT molecular complexity index is 689. The Balaban J connectivity index is 2.21. The van der Waals surface area contributed by atoms with Gasteiger partial charge in [-0.3, -0.25) is 14.9 Å². The molecule has 0 aliphatic rings. The number of amides is 1. The van der Waals surface area contributed by atoms with E-state index in [0.29, 0.717) is 4.47 Å². The first-order chi connectivity index (χ1) is 9.99. The van der Waals surface area contributed by atoms with Crippen LogP contribution in [-0.2, 0) is 6.54 Å². The number of hydrogen-bond donors (Lipinski definition) is 1. The van der Waals surface area contributed by atoms with Crippen LogP contribution in [0, 0.1) is 10.1 Å². The van der Waals surface area contributed by atoms with E-state index in [1.54, 1.807) is 0 Å². The Labute approximate surface area is 128 Å². The molecule has 1 N–H and O–H groups in total. The van der Waals surface area contributed by atoms with Crippen LogP contribution in [-0.4, -0.2) is 10.8 Å². The summed E-state index contributed by atoms with van der Waals surface area (Å²) in [4.78, 5) is 22.0. The Morgan fingerprint density at radius 3 is 2.52 bits per heavy atom. The molecule has 0 saturated carbocycles.